The zero-order valence-corrected chi connectivity index (χ0v) is 19.4. The number of carbonyl (C=O) groups is 2. The number of aryl methyl sites for hydroxylation is 1. The summed E-state index contributed by atoms with van der Waals surface area (Å²) in [6.45, 7) is 5.45. The van der Waals surface area contributed by atoms with Gasteiger partial charge in [-0.05, 0) is 37.6 Å². The van der Waals surface area contributed by atoms with Gasteiger partial charge in [0.25, 0.3) is 5.91 Å². The van der Waals surface area contributed by atoms with E-state index in [2.05, 4.69) is 20.2 Å². The Morgan fingerprint density at radius 3 is 2.49 bits per heavy atom. The number of fused-ring (bicyclic) bond motifs is 1. The van der Waals surface area contributed by atoms with Gasteiger partial charge in [-0.15, -0.1) is 0 Å². The summed E-state index contributed by atoms with van der Waals surface area (Å²) < 4.78 is 5.54. The van der Waals surface area contributed by atoms with E-state index >= 15 is 0 Å². The normalized spacial score (nSPS) is 15.5. The maximum atomic E-state index is 13.2. The zero-order valence-electron chi connectivity index (χ0n) is 19.4. The Morgan fingerprint density at radius 1 is 1.03 bits per heavy atom. The molecule has 11 nitrogen and oxygen atoms in total. The number of benzene rings is 1. The van der Waals surface area contributed by atoms with Crippen molar-refractivity contribution < 1.29 is 14.3 Å². The maximum Gasteiger partial charge on any atom is 0.316 e. The zero-order chi connectivity index (χ0) is 24.4. The Labute approximate surface area is 202 Å². The van der Waals surface area contributed by atoms with Gasteiger partial charge in [0.05, 0.1) is 31.1 Å². The first-order valence-electron chi connectivity index (χ1n) is 11.5. The largest absolute Gasteiger partial charge is 0.378 e. The van der Waals surface area contributed by atoms with Crippen LogP contribution in [0.4, 0.5) is 16.3 Å². The topological polar surface area (TPSA) is 139 Å². The molecule has 2 aliphatic heterocycles. The molecule has 2 aliphatic rings. The first-order chi connectivity index (χ1) is 17.0. The molecule has 3 aromatic rings. The summed E-state index contributed by atoms with van der Waals surface area (Å²) in [7, 11) is 0. The molecule has 11 heteroatoms. The van der Waals surface area contributed by atoms with Crippen molar-refractivity contribution in [3.8, 4) is 11.4 Å². The van der Waals surface area contributed by atoms with Crippen molar-refractivity contribution in [3.63, 3.8) is 0 Å². The molecule has 0 spiro atoms. The van der Waals surface area contributed by atoms with Gasteiger partial charge >= 0.3 is 6.03 Å². The van der Waals surface area contributed by atoms with Crippen LogP contribution in [-0.2, 0) is 17.7 Å². The summed E-state index contributed by atoms with van der Waals surface area (Å²) in [5.74, 6) is 1.28. The third-order valence-electron chi connectivity index (χ3n) is 6.14. The monoisotopic (exact) mass is 474 g/mol. The lowest BCUT2D eigenvalue weighted by atomic mass is 10.0. The van der Waals surface area contributed by atoms with Gasteiger partial charge in [-0.25, -0.2) is 19.7 Å². The number of nitrogens with one attached hydrogen (secondary N) is 1. The van der Waals surface area contributed by atoms with E-state index in [9.17, 15) is 9.59 Å². The summed E-state index contributed by atoms with van der Waals surface area (Å²) >= 11 is 0. The number of carbonyl (C=O) groups excluding carboxylic acids is 2. The smallest absolute Gasteiger partial charge is 0.316 e. The average Bonchev–Trinajstić information content (AvgIpc) is 2.88. The van der Waals surface area contributed by atoms with E-state index in [1.807, 2.05) is 12.1 Å². The Kier molecular flexibility index (Phi) is 6.23. The first-order valence-corrected chi connectivity index (χ1v) is 11.5. The van der Waals surface area contributed by atoms with Crippen LogP contribution >= 0.6 is 0 Å². The average molecular weight is 475 g/mol. The van der Waals surface area contributed by atoms with Gasteiger partial charge in [-0.3, -0.25) is 9.78 Å². The molecule has 0 aliphatic carbocycles. The number of nitrogens with two attached hydrogens (primary N) is 1. The van der Waals surface area contributed by atoms with E-state index in [4.69, 9.17) is 20.4 Å². The number of anilines is 2. The Bertz CT molecular complexity index is 1260. The predicted molar refractivity (Wildman–Crippen MR) is 129 cm³/mol. The number of hydrogen-bond acceptors (Lipinski definition) is 8. The van der Waals surface area contributed by atoms with Crippen molar-refractivity contribution in [2.45, 2.75) is 19.9 Å². The Balaban J connectivity index is 1.50. The van der Waals surface area contributed by atoms with Crippen LogP contribution in [0.1, 0.15) is 27.4 Å². The predicted octanol–water partition coefficient (Wildman–Crippen LogP) is 1.77. The fourth-order valence-corrected chi connectivity index (χ4v) is 4.36. The van der Waals surface area contributed by atoms with Crippen LogP contribution in [0.3, 0.4) is 0 Å². The van der Waals surface area contributed by atoms with Crippen LogP contribution in [0.5, 0.6) is 0 Å². The van der Waals surface area contributed by atoms with Crippen molar-refractivity contribution in [1.29, 1.82) is 0 Å². The molecule has 4 heterocycles. The highest BCUT2D eigenvalue weighted by Crippen LogP contribution is 2.31. The molecule has 35 heavy (non-hydrogen) atoms. The maximum absolute atomic E-state index is 13.2. The van der Waals surface area contributed by atoms with E-state index < -0.39 is 6.03 Å². The molecule has 1 saturated heterocycles. The Morgan fingerprint density at radius 2 is 1.77 bits per heavy atom. The van der Waals surface area contributed by atoms with Gasteiger partial charge in [0.15, 0.2) is 5.82 Å². The van der Waals surface area contributed by atoms with Gasteiger partial charge < -0.3 is 25.6 Å². The number of urea groups is 1. The van der Waals surface area contributed by atoms with Gasteiger partial charge in [0.1, 0.15) is 11.5 Å². The third kappa shape index (κ3) is 4.76. The van der Waals surface area contributed by atoms with Crippen molar-refractivity contribution in [1.82, 2.24) is 24.8 Å². The van der Waals surface area contributed by atoms with Crippen LogP contribution in [0.2, 0.25) is 0 Å². The van der Waals surface area contributed by atoms with E-state index in [0.29, 0.717) is 55.6 Å². The highest BCUT2D eigenvalue weighted by molar-refractivity contribution is 5.93. The van der Waals surface area contributed by atoms with Crippen LogP contribution < -0.4 is 16.0 Å². The summed E-state index contributed by atoms with van der Waals surface area (Å²) in [6.07, 6.45) is 3.76. The molecule has 1 aromatic carbocycles. The summed E-state index contributed by atoms with van der Waals surface area (Å²) in [5, 5.41) is 2.56. The summed E-state index contributed by atoms with van der Waals surface area (Å²) in [5.41, 5.74) is 9.43. The number of nitrogens with zero attached hydrogens (tertiary/aromatic N) is 6. The third-order valence-corrected chi connectivity index (χ3v) is 6.14. The number of morpholine rings is 1. The molecule has 0 atom stereocenters. The lowest BCUT2D eigenvalue weighted by Crippen LogP contribution is -2.41. The van der Waals surface area contributed by atoms with E-state index in [-0.39, 0.29) is 5.91 Å². The van der Waals surface area contributed by atoms with Crippen molar-refractivity contribution in [2.24, 2.45) is 5.73 Å². The van der Waals surface area contributed by atoms with Crippen LogP contribution in [0.15, 0.2) is 36.7 Å². The molecule has 3 N–H and O–H groups in total. The summed E-state index contributed by atoms with van der Waals surface area (Å²) in [6, 6.07) is 6.56. The molecule has 1 fully saturated rings. The molecular formula is C24H26N8O3. The second kappa shape index (κ2) is 9.63. The number of primary amides is 1. The minimum Gasteiger partial charge on any atom is -0.378 e. The highest BCUT2D eigenvalue weighted by Gasteiger charge is 2.29. The SMILES string of the molecule is Cc1nccnc1C(=O)N1CCc2c(nc(-c3ccc(NC(N)=O)cc3)nc2N2CCOCC2)C1. The molecule has 0 unspecified atom stereocenters. The van der Waals surface area contributed by atoms with Crippen LogP contribution in [0.25, 0.3) is 11.4 Å². The molecule has 3 amide bonds. The second-order valence-electron chi connectivity index (χ2n) is 8.43. The van der Waals surface area contributed by atoms with E-state index in [0.717, 1.165) is 35.7 Å². The van der Waals surface area contributed by atoms with Gasteiger partial charge in [0.2, 0.25) is 0 Å². The number of amides is 3. The van der Waals surface area contributed by atoms with Crippen LogP contribution in [-0.4, -0.2) is 69.6 Å². The number of aromatic nitrogens is 4. The quantitative estimate of drug-likeness (QED) is 0.583. The summed E-state index contributed by atoms with van der Waals surface area (Å²) in [4.78, 5) is 46.6. The van der Waals surface area contributed by atoms with Crippen LogP contribution in [0, 0.1) is 6.92 Å². The minimum absolute atomic E-state index is 0.156. The fraction of sp³-hybridized carbons (Fsp3) is 0.333. The van der Waals surface area contributed by atoms with Crippen molar-refractivity contribution in [3.05, 3.63) is 59.3 Å². The van der Waals surface area contributed by atoms with Gasteiger partial charge in [0, 0.05) is 48.8 Å². The second-order valence-corrected chi connectivity index (χ2v) is 8.43. The molecular weight excluding hydrogens is 448 g/mol. The molecule has 2 aromatic heterocycles. The fourth-order valence-electron chi connectivity index (χ4n) is 4.36. The standard InChI is InChI=1S/C24H26N8O3/c1-15-20(27-8-7-26-15)23(33)32-9-6-18-19(14-32)29-21(30-22(18)31-10-12-35-13-11-31)16-2-4-17(5-3-16)28-24(25)34/h2-5,7-8H,6,9-14H2,1H3,(H3,25,28,34). The molecule has 0 radical (unpaired) electrons. The van der Waals surface area contributed by atoms with E-state index in [1.165, 1.54) is 6.20 Å². The number of rotatable bonds is 4. The number of hydrogen-bond donors (Lipinski definition) is 2. The van der Waals surface area contributed by atoms with Crippen molar-refractivity contribution in [2.75, 3.05) is 43.1 Å². The highest BCUT2D eigenvalue weighted by atomic mass is 16.5. The molecule has 0 bridgehead atoms. The van der Waals surface area contributed by atoms with Crippen molar-refractivity contribution >= 4 is 23.4 Å². The molecule has 5 rings (SSSR count). The Hall–Kier alpha value is -4.12. The lowest BCUT2D eigenvalue weighted by Gasteiger charge is -2.34. The first kappa shape index (κ1) is 22.7. The minimum atomic E-state index is -0.625. The lowest BCUT2D eigenvalue weighted by molar-refractivity contribution is 0.0724. The van der Waals surface area contributed by atoms with E-state index in [1.54, 1.807) is 30.2 Å². The number of ether oxygens (including phenoxy) is 1. The molecule has 180 valence electrons. The molecule has 0 saturated carbocycles. The van der Waals surface area contributed by atoms with Gasteiger partial charge in [-0.2, -0.15) is 0 Å². The van der Waals surface area contributed by atoms with Gasteiger partial charge in [-0.1, -0.05) is 0 Å².